The van der Waals surface area contributed by atoms with Gasteiger partial charge in [-0.1, -0.05) is 68.3 Å². The molecule has 0 unspecified atom stereocenters. The Labute approximate surface area is 150 Å². The number of unbranched alkanes of at least 4 members (excludes halogenated alkanes) is 3. The first-order valence-electron chi connectivity index (χ1n) is 9.18. The topological polar surface area (TPSA) is 13.1 Å². The summed E-state index contributed by atoms with van der Waals surface area (Å²) in [6.45, 7) is 2.97. The van der Waals surface area contributed by atoms with E-state index in [0.29, 0.717) is 0 Å². The van der Waals surface area contributed by atoms with Gasteiger partial charge in [-0.15, -0.1) is 0 Å². The molecule has 1 heterocycles. The highest BCUT2D eigenvalue weighted by molar-refractivity contribution is 5.68. The predicted octanol–water partition coefficient (Wildman–Crippen LogP) is 5.32. The van der Waals surface area contributed by atoms with Gasteiger partial charge in [0.1, 0.15) is 0 Å². The van der Waals surface area contributed by atoms with Crippen molar-refractivity contribution < 1.29 is 9.57 Å². The largest absolute Gasteiger partial charge is 0.271 e. The van der Waals surface area contributed by atoms with Crippen LogP contribution in [0.1, 0.15) is 32.6 Å². The van der Waals surface area contributed by atoms with E-state index in [1.807, 2.05) is 23.1 Å². The fraction of sp³-hybridized carbons (Fsp3) is 0.261. The Morgan fingerprint density at radius 1 is 0.720 bits per heavy atom. The van der Waals surface area contributed by atoms with Crippen LogP contribution < -0.4 is 9.57 Å². The smallest absolute Gasteiger partial charge is 0.265 e. The van der Waals surface area contributed by atoms with Gasteiger partial charge in [0, 0.05) is 16.9 Å². The van der Waals surface area contributed by atoms with E-state index in [9.17, 15) is 0 Å². The Bertz CT molecular complexity index is 769. The van der Waals surface area contributed by atoms with E-state index in [4.69, 9.17) is 4.84 Å². The van der Waals surface area contributed by atoms with Crippen molar-refractivity contribution in [2.75, 3.05) is 6.61 Å². The molecule has 0 N–H and O–H groups in total. The zero-order chi connectivity index (χ0) is 17.3. The summed E-state index contributed by atoms with van der Waals surface area (Å²) in [5.41, 5.74) is 4.66. The molecule has 0 fully saturated rings. The van der Waals surface area contributed by atoms with Crippen LogP contribution in [-0.2, 0) is 0 Å². The van der Waals surface area contributed by atoms with Crippen LogP contribution in [0.15, 0.2) is 79.0 Å². The minimum Gasteiger partial charge on any atom is -0.271 e. The summed E-state index contributed by atoms with van der Waals surface area (Å²) in [5, 5.41) is 0. The van der Waals surface area contributed by atoms with Gasteiger partial charge in [-0.2, -0.15) is 0 Å². The third-order valence-corrected chi connectivity index (χ3v) is 4.32. The SMILES string of the molecule is CCCCCCO[n+]1ccc(-c2ccccc2)cc1-c1ccccc1. The Balaban J connectivity index is 1.87. The summed E-state index contributed by atoms with van der Waals surface area (Å²) in [5.74, 6) is 0. The molecule has 0 saturated carbocycles. The number of nitrogens with zero attached hydrogens (tertiary/aromatic N) is 1. The van der Waals surface area contributed by atoms with Gasteiger partial charge in [-0.3, -0.25) is 4.84 Å². The maximum atomic E-state index is 6.05. The monoisotopic (exact) mass is 332 g/mol. The number of rotatable bonds is 8. The minimum atomic E-state index is 0.745. The van der Waals surface area contributed by atoms with Gasteiger partial charge in [0.2, 0.25) is 6.20 Å². The molecule has 0 saturated heterocycles. The van der Waals surface area contributed by atoms with Crippen LogP contribution >= 0.6 is 0 Å². The molecule has 0 radical (unpaired) electrons. The van der Waals surface area contributed by atoms with E-state index < -0.39 is 0 Å². The van der Waals surface area contributed by atoms with Gasteiger partial charge in [-0.25, -0.2) is 0 Å². The molecule has 128 valence electrons. The highest BCUT2D eigenvalue weighted by atomic mass is 16.7. The second-order valence-electron chi connectivity index (χ2n) is 6.25. The van der Waals surface area contributed by atoms with Crippen molar-refractivity contribution in [1.29, 1.82) is 0 Å². The molecular formula is C23H26NO+. The molecule has 3 rings (SSSR count). The van der Waals surface area contributed by atoms with Gasteiger partial charge >= 0.3 is 0 Å². The van der Waals surface area contributed by atoms with Crippen LogP contribution in [0.5, 0.6) is 0 Å². The number of benzene rings is 2. The second kappa shape index (κ2) is 9.03. The highest BCUT2D eigenvalue weighted by Crippen LogP contribution is 2.23. The number of aromatic nitrogens is 1. The number of pyridine rings is 1. The zero-order valence-electron chi connectivity index (χ0n) is 14.9. The normalized spacial score (nSPS) is 10.6. The fourth-order valence-corrected chi connectivity index (χ4v) is 2.92. The van der Waals surface area contributed by atoms with Crippen LogP contribution in [0.4, 0.5) is 0 Å². The summed E-state index contributed by atoms with van der Waals surface area (Å²) in [7, 11) is 0. The van der Waals surface area contributed by atoms with Gasteiger partial charge < -0.3 is 0 Å². The van der Waals surface area contributed by atoms with Gasteiger partial charge in [-0.05, 0) is 36.1 Å². The summed E-state index contributed by atoms with van der Waals surface area (Å²) >= 11 is 0. The van der Waals surface area contributed by atoms with Crippen molar-refractivity contribution in [3.8, 4) is 22.4 Å². The maximum Gasteiger partial charge on any atom is 0.265 e. The molecule has 25 heavy (non-hydrogen) atoms. The molecule has 0 bridgehead atoms. The summed E-state index contributed by atoms with van der Waals surface area (Å²) in [6, 6.07) is 25.2. The lowest BCUT2D eigenvalue weighted by molar-refractivity contribution is -0.882. The molecule has 0 atom stereocenters. The molecule has 0 spiro atoms. The average Bonchev–Trinajstić information content (AvgIpc) is 2.69. The summed E-state index contributed by atoms with van der Waals surface area (Å²) < 4.78 is 1.91. The lowest BCUT2D eigenvalue weighted by Crippen LogP contribution is -2.44. The van der Waals surface area contributed by atoms with E-state index in [-0.39, 0.29) is 0 Å². The van der Waals surface area contributed by atoms with E-state index in [2.05, 4.69) is 67.6 Å². The molecule has 1 aromatic heterocycles. The fourth-order valence-electron chi connectivity index (χ4n) is 2.92. The molecule has 0 aliphatic heterocycles. The summed E-state index contributed by atoms with van der Waals surface area (Å²) in [4.78, 5) is 6.05. The van der Waals surface area contributed by atoms with Crippen molar-refractivity contribution >= 4 is 0 Å². The van der Waals surface area contributed by atoms with E-state index in [1.165, 1.54) is 30.4 Å². The van der Waals surface area contributed by atoms with Crippen LogP contribution in [0.25, 0.3) is 22.4 Å². The van der Waals surface area contributed by atoms with Crippen molar-refractivity contribution in [1.82, 2.24) is 0 Å². The zero-order valence-corrected chi connectivity index (χ0v) is 14.9. The Morgan fingerprint density at radius 2 is 1.40 bits per heavy atom. The Kier molecular flexibility index (Phi) is 6.22. The average molecular weight is 332 g/mol. The standard InChI is InChI=1S/C23H26NO/c1-2-3-4-11-18-25-24-17-16-22(20-12-7-5-8-13-20)19-23(24)21-14-9-6-10-15-21/h5-10,12-17,19H,2-4,11,18H2,1H3/q+1. The van der Waals surface area contributed by atoms with Crippen LogP contribution in [0.2, 0.25) is 0 Å². The van der Waals surface area contributed by atoms with Gasteiger partial charge in [0.25, 0.3) is 5.69 Å². The third kappa shape index (κ3) is 4.69. The molecule has 3 aromatic rings. The first-order chi connectivity index (χ1) is 12.4. The van der Waals surface area contributed by atoms with Crippen molar-refractivity contribution in [2.45, 2.75) is 32.6 Å². The number of hydrogen-bond donors (Lipinski definition) is 0. The highest BCUT2D eigenvalue weighted by Gasteiger charge is 2.16. The lowest BCUT2D eigenvalue weighted by Gasteiger charge is -2.07. The van der Waals surface area contributed by atoms with E-state index in [1.54, 1.807) is 0 Å². The van der Waals surface area contributed by atoms with Crippen LogP contribution in [-0.4, -0.2) is 6.61 Å². The first-order valence-corrected chi connectivity index (χ1v) is 9.18. The van der Waals surface area contributed by atoms with E-state index in [0.717, 1.165) is 24.3 Å². The Hall–Kier alpha value is -2.61. The molecule has 2 aromatic carbocycles. The van der Waals surface area contributed by atoms with Crippen molar-refractivity contribution in [3.05, 3.63) is 79.0 Å². The maximum absolute atomic E-state index is 6.05. The predicted molar refractivity (Wildman–Crippen MR) is 103 cm³/mol. The van der Waals surface area contributed by atoms with Gasteiger partial charge in [0.05, 0.1) is 5.56 Å². The second-order valence-corrected chi connectivity index (χ2v) is 6.25. The number of hydrogen-bond acceptors (Lipinski definition) is 1. The molecule has 0 aliphatic carbocycles. The van der Waals surface area contributed by atoms with E-state index >= 15 is 0 Å². The molecule has 2 nitrogen and oxygen atoms in total. The minimum absolute atomic E-state index is 0.745. The summed E-state index contributed by atoms with van der Waals surface area (Å²) in [6.07, 6.45) is 6.86. The molecule has 0 aliphatic rings. The lowest BCUT2D eigenvalue weighted by atomic mass is 10.0. The first kappa shape index (κ1) is 17.2. The Morgan fingerprint density at radius 3 is 2.08 bits per heavy atom. The van der Waals surface area contributed by atoms with Crippen LogP contribution in [0, 0.1) is 0 Å². The van der Waals surface area contributed by atoms with Crippen LogP contribution in [0.3, 0.4) is 0 Å². The molecule has 0 amide bonds. The molecule has 2 heteroatoms. The third-order valence-electron chi connectivity index (χ3n) is 4.32. The quantitative estimate of drug-likeness (QED) is 0.402. The van der Waals surface area contributed by atoms with Crippen molar-refractivity contribution in [2.24, 2.45) is 0 Å². The van der Waals surface area contributed by atoms with Crippen molar-refractivity contribution in [3.63, 3.8) is 0 Å². The van der Waals surface area contributed by atoms with Gasteiger partial charge in [0.15, 0.2) is 6.61 Å². The molecular weight excluding hydrogens is 306 g/mol.